The van der Waals surface area contributed by atoms with Gasteiger partial charge in [0.2, 0.25) is 15.9 Å². The molecule has 4 rings (SSSR count). The molecule has 1 saturated heterocycles. The molecular weight excluding hydrogens is 384 g/mol. The van der Waals surface area contributed by atoms with Gasteiger partial charge in [0.15, 0.2) is 0 Å². The van der Waals surface area contributed by atoms with Crippen LogP contribution in [0.15, 0.2) is 29.2 Å². The molecule has 162 valence electrons. The zero-order valence-corrected chi connectivity index (χ0v) is 17.6. The minimum Gasteiger partial charge on any atom is -0.353 e. The van der Waals surface area contributed by atoms with E-state index in [2.05, 4.69) is 5.32 Å². The third-order valence-electron chi connectivity index (χ3n) is 6.96. The van der Waals surface area contributed by atoms with Crippen molar-refractivity contribution in [2.24, 2.45) is 11.8 Å². The second kappa shape index (κ2) is 9.17. The number of nitrogens with one attached hydrogen (secondary N) is 1. The number of hydrogen-bond acceptors (Lipinski definition) is 3. The Morgan fingerprint density at radius 1 is 1.14 bits per heavy atom. The highest BCUT2D eigenvalue weighted by molar-refractivity contribution is 7.89. The minimum absolute atomic E-state index is 0. The molecule has 1 amide bonds. The molecule has 5 nitrogen and oxygen atoms in total. The van der Waals surface area contributed by atoms with Crippen LogP contribution in [0.4, 0.5) is 0 Å². The predicted molar refractivity (Wildman–Crippen MR) is 116 cm³/mol. The van der Waals surface area contributed by atoms with Crippen molar-refractivity contribution >= 4 is 15.9 Å². The van der Waals surface area contributed by atoms with E-state index in [1.54, 1.807) is 22.5 Å². The highest BCUT2D eigenvalue weighted by atomic mass is 32.2. The Morgan fingerprint density at radius 3 is 2.76 bits per heavy atom. The Kier molecular flexibility index (Phi) is 7.05. The van der Waals surface area contributed by atoms with Crippen LogP contribution in [0.3, 0.4) is 0 Å². The lowest BCUT2D eigenvalue weighted by Gasteiger charge is -2.40. The number of carbonyl (C=O) groups excluding carboxylic acids is 1. The summed E-state index contributed by atoms with van der Waals surface area (Å²) in [6.07, 6.45) is 9.26. The molecule has 2 saturated carbocycles. The van der Waals surface area contributed by atoms with E-state index in [4.69, 9.17) is 0 Å². The summed E-state index contributed by atoms with van der Waals surface area (Å²) >= 11 is 0. The van der Waals surface area contributed by atoms with Gasteiger partial charge < -0.3 is 5.32 Å². The van der Waals surface area contributed by atoms with Crippen molar-refractivity contribution in [1.82, 2.24) is 9.62 Å². The van der Waals surface area contributed by atoms with Crippen LogP contribution in [0, 0.1) is 18.8 Å². The van der Waals surface area contributed by atoms with Gasteiger partial charge in [-0.15, -0.1) is 0 Å². The summed E-state index contributed by atoms with van der Waals surface area (Å²) in [5.41, 5.74) is 0.928. The number of sulfonamides is 1. The molecule has 0 aromatic heterocycles. The van der Waals surface area contributed by atoms with E-state index in [1.165, 1.54) is 32.1 Å². The maximum atomic E-state index is 13.1. The number of carbonyl (C=O) groups is 1. The van der Waals surface area contributed by atoms with Gasteiger partial charge in [-0.1, -0.05) is 32.4 Å². The smallest absolute Gasteiger partial charge is 0.243 e. The Bertz CT molecular complexity index is 823. The third-order valence-corrected chi connectivity index (χ3v) is 8.91. The molecule has 1 aromatic carbocycles. The Hall–Kier alpha value is -1.40. The van der Waals surface area contributed by atoms with Crippen molar-refractivity contribution in [3.63, 3.8) is 0 Å². The first-order valence-corrected chi connectivity index (χ1v) is 12.3. The molecule has 29 heavy (non-hydrogen) atoms. The number of rotatable bonds is 5. The van der Waals surface area contributed by atoms with Crippen molar-refractivity contribution in [3.8, 4) is 0 Å². The Balaban J connectivity index is 0.00000240. The van der Waals surface area contributed by atoms with E-state index < -0.39 is 10.0 Å². The molecule has 1 heterocycles. The van der Waals surface area contributed by atoms with Crippen molar-refractivity contribution in [1.29, 1.82) is 0 Å². The SMILES string of the molecule is C.Cc1cccc(S(=O)(=O)N2CCC[C@@H]2CC(=O)NC2CCC3CCCC2C3)c1. The summed E-state index contributed by atoms with van der Waals surface area (Å²) in [6.45, 7) is 2.40. The van der Waals surface area contributed by atoms with Gasteiger partial charge in [0, 0.05) is 25.0 Å². The fourth-order valence-corrected chi connectivity index (χ4v) is 7.32. The maximum Gasteiger partial charge on any atom is 0.243 e. The van der Waals surface area contributed by atoms with E-state index >= 15 is 0 Å². The number of nitrogens with zero attached hydrogens (tertiary/aromatic N) is 1. The number of benzene rings is 1. The van der Waals surface area contributed by atoms with Crippen molar-refractivity contribution in [2.45, 2.75) is 89.1 Å². The fraction of sp³-hybridized carbons (Fsp3) is 0.696. The van der Waals surface area contributed by atoms with Gasteiger partial charge in [-0.2, -0.15) is 4.31 Å². The first-order chi connectivity index (χ1) is 13.4. The highest BCUT2D eigenvalue weighted by Gasteiger charge is 2.38. The normalized spacial score (nSPS) is 29.8. The number of fused-ring (bicyclic) bond motifs is 2. The lowest BCUT2D eigenvalue weighted by atomic mass is 9.70. The summed E-state index contributed by atoms with van der Waals surface area (Å²) in [6, 6.07) is 7.10. The highest BCUT2D eigenvalue weighted by Crippen LogP contribution is 2.40. The Morgan fingerprint density at radius 2 is 1.97 bits per heavy atom. The molecule has 1 aliphatic heterocycles. The van der Waals surface area contributed by atoms with Crippen molar-refractivity contribution in [3.05, 3.63) is 29.8 Å². The maximum absolute atomic E-state index is 13.1. The van der Waals surface area contributed by atoms with Gasteiger partial charge in [-0.3, -0.25) is 4.79 Å². The molecule has 3 aliphatic rings. The first-order valence-electron chi connectivity index (χ1n) is 10.8. The monoisotopic (exact) mass is 420 g/mol. The van der Waals surface area contributed by atoms with E-state index in [0.717, 1.165) is 30.7 Å². The quantitative estimate of drug-likeness (QED) is 0.774. The Labute approximate surface area is 176 Å². The first kappa shape index (κ1) is 22.3. The molecule has 3 fully saturated rings. The van der Waals surface area contributed by atoms with E-state index in [1.807, 2.05) is 13.0 Å². The molecule has 0 radical (unpaired) electrons. The second-order valence-electron chi connectivity index (χ2n) is 8.98. The second-order valence-corrected chi connectivity index (χ2v) is 10.9. The van der Waals surface area contributed by atoms with Gasteiger partial charge in [0.1, 0.15) is 0 Å². The lowest BCUT2D eigenvalue weighted by Crippen LogP contribution is -2.47. The lowest BCUT2D eigenvalue weighted by molar-refractivity contribution is -0.123. The molecule has 0 spiro atoms. The van der Waals surface area contributed by atoms with Crippen LogP contribution in [0.5, 0.6) is 0 Å². The molecule has 1 aromatic rings. The van der Waals surface area contributed by atoms with Crippen LogP contribution >= 0.6 is 0 Å². The molecule has 1 N–H and O–H groups in total. The van der Waals surface area contributed by atoms with Gasteiger partial charge in [0.25, 0.3) is 0 Å². The molecule has 6 heteroatoms. The summed E-state index contributed by atoms with van der Waals surface area (Å²) in [5, 5.41) is 3.26. The molecule has 2 bridgehead atoms. The number of hydrogen-bond donors (Lipinski definition) is 1. The van der Waals surface area contributed by atoms with Crippen molar-refractivity contribution < 1.29 is 13.2 Å². The zero-order valence-electron chi connectivity index (χ0n) is 16.8. The van der Waals surface area contributed by atoms with Crippen LogP contribution in [0.2, 0.25) is 0 Å². The van der Waals surface area contributed by atoms with Gasteiger partial charge in [-0.25, -0.2) is 8.42 Å². The molecule has 4 atom stereocenters. The molecule has 3 unspecified atom stereocenters. The zero-order chi connectivity index (χ0) is 19.7. The number of aryl methyl sites for hydroxylation is 1. The summed E-state index contributed by atoms with van der Waals surface area (Å²) in [4.78, 5) is 13.1. The van der Waals surface area contributed by atoms with E-state index in [0.29, 0.717) is 17.4 Å². The fourth-order valence-electron chi connectivity index (χ4n) is 5.52. The summed E-state index contributed by atoms with van der Waals surface area (Å²) in [7, 11) is -3.55. The molecular formula is C23H36N2O3S. The summed E-state index contributed by atoms with van der Waals surface area (Å²) in [5.74, 6) is 1.49. The van der Waals surface area contributed by atoms with Crippen LogP contribution in [0.25, 0.3) is 0 Å². The molecule has 2 aliphatic carbocycles. The van der Waals surface area contributed by atoms with E-state index in [-0.39, 0.29) is 31.8 Å². The van der Waals surface area contributed by atoms with Crippen molar-refractivity contribution in [2.75, 3.05) is 6.54 Å². The third kappa shape index (κ3) is 4.85. The van der Waals surface area contributed by atoms with Gasteiger partial charge in [-0.05, 0) is 75.0 Å². The number of amides is 1. The van der Waals surface area contributed by atoms with Gasteiger partial charge in [0.05, 0.1) is 4.90 Å². The van der Waals surface area contributed by atoms with Crippen LogP contribution in [-0.4, -0.2) is 37.3 Å². The largest absolute Gasteiger partial charge is 0.353 e. The average molecular weight is 421 g/mol. The standard InChI is InChI=1S/C22H32N2O3S.CH4/c1-16-5-2-9-20(13-16)28(26,27)24-12-4-8-19(24)15-22(25)23-21-11-10-17-6-3-7-18(21)14-17;/h2,5,9,13,17-19,21H,3-4,6-8,10-12,14-15H2,1H3,(H,23,25);1H4/t17?,18?,19-,21?;/m1./s1. The van der Waals surface area contributed by atoms with Gasteiger partial charge >= 0.3 is 0 Å². The van der Waals surface area contributed by atoms with Crippen LogP contribution in [0.1, 0.15) is 70.8 Å². The van der Waals surface area contributed by atoms with Crippen LogP contribution in [-0.2, 0) is 14.8 Å². The summed E-state index contributed by atoms with van der Waals surface area (Å²) < 4.78 is 27.8. The average Bonchev–Trinajstić information content (AvgIpc) is 3.13. The topological polar surface area (TPSA) is 66.5 Å². The minimum atomic E-state index is -3.55. The van der Waals surface area contributed by atoms with E-state index in [9.17, 15) is 13.2 Å². The van der Waals surface area contributed by atoms with Crippen LogP contribution < -0.4 is 5.32 Å². The predicted octanol–water partition coefficient (Wildman–Crippen LogP) is 4.26.